The standard InChI is InChI=1S/C18H14ClFN2O2/c1-11-3-10-17(24-11)16(23)9-8-15-12(2)21-22(18(15)19)14-6-4-13(20)5-7-14/h3-10H,1-2H3/b9-8+. The van der Waals surface area contributed by atoms with Crippen molar-refractivity contribution in [2.45, 2.75) is 13.8 Å². The van der Waals surface area contributed by atoms with E-state index in [9.17, 15) is 9.18 Å². The number of furan rings is 1. The van der Waals surface area contributed by atoms with Crippen molar-refractivity contribution in [1.82, 2.24) is 9.78 Å². The van der Waals surface area contributed by atoms with Gasteiger partial charge in [0.15, 0.2) is 5.76 Å². The number of hydrogen-bond acceptors (Lipinski definition) is 3. The number of allylic oxidation sites excluding steroid dienone is 1. The third-order valence-corrected chi connectivity index (χ3v) is 3.87. The van der Waals surface area contributed by atoms with E-state index in [1.54, 1.807) is 44.2 Å². The summed E-state index contributed by atoms with van der Waals surface area (Å²) >= 11 is 6.36. The van der Waals surface area contributed by atoms with Crippen LogP contribution in [0, 0.1) is 19.7 Å². The highest BCUT2D eigenvalue weighted by molar-refractivity contribution is 6.31. The predicted octanol–water partition coefficient (Wildman–Crippen LogP) is 4.77. The molecule has 0 aliphatic heterocycles. The van der Waals surface area contributed by atoms with Gasteiger partial charge in [-0.3, -0.25) is 4.79 Å². The normalized spacial score (nSPS) is 11.3. The molecule has 0 aliphatic rings. The minimum atomic E-state index is -0.335. The Hall–Kier alpha value is -2.66. The molecular weight excluding hydrogens is 331 g/mol. The molecule has 122 valence electrons. The summed E-state index contributed by atoms with van der Waals surface area (Å²) in [7, 11) is 0. The fourth-order valence-electron chi connectivity index (χ4n) is 2.26. The van der Waals surface area contributed by atoms with Crippen molar-refractivity contribution >= 4 is 23.5 Å². The summed E-state index contributed by atoms with van der Waals surface area (Å²) in [6, 6.07) is 9.18. The number of nitrogens with zero attached hydrogens (tertiary/aromatic N) is 2. The third kappa shape index (κ3) is 3.16. The van der Waals surface area contributed by atoms with Crippen molar-refractivity contribution in [3.63, 3.8) is 0 Å². The van der Waals surface area contributed by atoms with Crippen LogP contribution in [0.15, 0.2) is 46.9 Å². The number of aromatic nitrogens is 2. The van der Waals surface area contributed by atoms with Crippen LogP contribution in [-0.2, 0) is 0 Å². The fourth-order valence-corrected chi connectivity index (χ4v) is 2.60. The second-order valence-electron chi connectivity index (χ2n) is 5.29. The van der Waals surface area contributed by atoms with Gasteiger partial charge in [-0.05, 0) is 62.4 Å². The molecule has 0 unspecified atom stereocenters. The molecule has 0 aliphatic carbocycles. The first kappa shape index (κ1) is 16.2. The molecule has 0 fully saturated rings. The summed E-state index contributed by atoms with van der Waals surface area (Å²) in [5, 5.41) is 4.69. The molecule has 0 atom stereocenters. The van der Waals surface area contributed by atoms with Gasteiger partial charge < -0.3 is 4.42 Å². The van der Waals surface area contributed by atoms with Crippen LogP contribution in [0.3, 0.4) is 0 Å². The van der Waals surface area contributed by atoms with Crippen molar-refractivity contribution in [3.05, 3.63) is 76.2 Å². The monoisotopic (exact) mass is 344 g/mol. The number of carbonyl (C=O) groups is 1. The summed E-state index contributed by atoms with van der Waals surface area (Å²) in [6.45, 7) is 3.56. The molecule has 4 nitrogen and oxygen atoms in total. The smallest absolute Gasteiger partial charge is 0.221 e. The Morgan fingerprint density at radius 1 is 1.21 bits per heavy atom. The van der Waals surface area contributed by atoms with Gasteiger partial charge in [0, 0.05) is 5.56 Å². The highest BCUT2D eigenvalue weighted by Gasteiger charge is 2.14. The zero-order chi connectivity index (χ0) is 17.3. The van der Waals surface area contributed by atoms with Gasteiger partial charge in [0.25, 0.3) is 0 Å². The lowest BCUT2D eigenvalue weighted by Crippen LogP contribution is -1.96. The SMILES string of the molecule is Cc1ccc(C(=O)/C=C/c2c(C)nn(-c3ccc(F)cc3)c2Cl)o1. The summed E-state index contributed by atoms with van der Waals surface area (Å²) < 4.78 is 19.8. The molecule has 24 heavy (non-hydrogen) atoms. The lowest BCUT2D eigenvalue weighted by Gasteiger charge is -2.02. The van der Waals surface area contributed by atoms with Gasteiger partial charge in [0.1, 0.15) is 16.7 Å². The van der Waals surface area contributed by atoms with Crippen molar-refractivity contribution < 1.29 is 13.6 Å². The van der Waals surface area contributed by atoms with E-state index in [-0.39, 0.29) is 17.4 Å². The minimum absolute atomic E-state index is 0.256. The minimum Gasteiger partial charge on any atom is -0.458 e. The summed E-state index contributed by atoms with van der Waals surface area (Å²) in [5.74, 6) is 0.347. The van der Waals surface area contributed by atoms with Crippen LogP contribution in [0.5, 0.6) is 0 Å². The number of ketones is 1. The molecule has 6 heteroatoms. The van der Waals surface area contributed by atoms with Crippen LogP contribution >= 0.6 is 11.6 Å². The van der Waals surface area contributed by atoms with E-state index in [1.807, 2.05) is 0 Å². The number of carbonyl (C=O) groups excluding carboxylic acids is 1. The van der Waals surface area contributed by atoms with Crippen molar-refractivity contribution in [2.75, 3.05) is 0 Å². The molecule has 3 rings (SSSR count). The van der Waals surface area contributed by atoms with Crippen LogP contribution in [0.25, 0.3) is 11.8 Å². The molecule has 2 heterocycles. The molecule has 0 spiro atoms. The van der Waals surface area contributed by atoms with Crippen LogP contribution in [0.2, 0.25) is 5.15 Å². The van der Waals surface area contributed by atoms with Gasteiger partial charge in [-0.25, -0.2) is 9.07 Å². The van der Waals surface area contributed by atoms with E-state index in [4.69, 9.17) is 16.0 Å². The summed E-state index contributed by atoms with van der Waals surface area (Å²) in [4.78, 5) is 12.1. The lowest BCUT2D eigenvalue weighted by molar-refractivity contribution is 0.102. The second-order valence-corrected chi connectivity index (χ2v) is 5.64. The highest BCUT2D eigenvalue weighted by Crippen LogP contribution is 2.25. The molecular formula is C18H14ClFN2O2. The predicted molar refractivity (Wildman–Crippen MR) is 90.1 cm³/mol. The Labute approximate surface area is 143 Å². The van der Waals surface area contributed by atoms with E-state index in [2.05, 4.69) is 5.10 Å². The number of halogens is 2. The first-order chi connectivity index (χ1) is 11.5. The number of hydrogen-bond donors (Lipinski definition) is 0. The van der Waals surface area contributed by atoms with Crippen molar-refractivity contribution in [2.24, 2.45) is 0 Å². The molecule has 0 saturated heterocycles. The van der Waals surface area contributed by atoms with Gasteiger partial charge >= 0.3 is 0 Å². The van der Waals surface area contributed by atoms with E-state index < -0.39 is 0 Å². The maximum atomic E-state index is 13.0. The molecule has 0 amide bonds. The molecule has 0 radical (unpaired) electrons. The van der Waals surface area contributed by atoms with Crippen LogP contribution in [0.4, 0.5) is 4.39 Å². The number of rotatable bonds is 4. The molecule has 0 saturated carbocycles. The van der Waals surface area contributed by atoms with E-state index >= 15 is 0 Å². The third-order valence-electron chi connectivity index (χ3n) is 3.50. The van der Waals surface area contributed by atoms with Crippen LogP contribution in [-0.4, -0.2) is 15.6 Å². The van der Waals surface area contributed by atoms with E-state index in [1.165, 1.54) is 22.9 Å². The second kappa shape index (κ2) is 6.45. The van der Waals surface area contributed by atoms with Gasteiger partial charge in [-0.1, -0.05) is 11.6 Å². The van der Waals surface area contributed by atoms with Gasteiger partial charge in [-0.15, -0.1) is 0 Å². The number of benzene rings is 1. The highest BCUT2D eigenvalue weighted by atomic mass is 35.5. The molecule has 2 aromatic heterocycles. The van der Waals surface area contributed by atoms with Gasteiger partial charge in [0.2, 0.25) is 5.78 Å². The Balaban J connectivity index is 1.90. The van der Waals surface area contributed by atoms with Crippen LogP contribution < -0.4 is 0 Å². The summed E-state index contributed by atoms with van der Waals surface area (Å²) in [6.07, 6.45) is 2.99. The molecule has 1 aromatic carbocycles. The van der Waals surface area contributed by atoms with E-state index in [0.29, 0.717) is 27.9 Å². The summed E-state index contributed by atoms with van der Waals surface area (Å²) in [5.41, 5.74) is 1.92. The Morgan fingerprint density at radius 2 is 1.92 bits per heavy atom. The lowest BCUT2D eigenvalue weighted by atomic mass is 10.2. The van der Waals surface area contributed by atoms with Crippen molar-refractivity contribution in [3.8, 4) is 5.69 Å². The maximum Gasteiger partial charge on any atom is 0.221 e. The first-order valence-electron chi connectivity index (χ1n) is 7.25. The Bertz CT molecular complexity index is 923. The van der Waals surface area contributed by atoms with Crippen LogP contribution in [0.1, 0.15) is 27.6 Å². The average molecular weight is 345 g/mol. The molecule has 3 aromatic rings. The number of aryl methyl sites for hydroxylation is 2. The van der Waals surface area contributed by atoms with Gasteiger partial charge in [0.05, 0.1) is 11.4 Å². The topological polar surface area (TPSA) is 48.0 Å². The van der Waals surface area contributed by atoms with E-state index in [0.717, 1.165) is 0 Å². The van der Waals surface area contributed by atoms with Crippen molar-refractivity contribution in [1.29, 1.82) is 0 Å². The fraction of sp³-hybridized carbons (Fsp3) is 0.111. The first-order valence-corrected chi connectivity index (χ1v) is 7.63. The average Bonchev–Trinajstić information content (AvgIpc) is 3.10. The molecule has 0 N–H and O–H groups in total. The Kier molecular flexibility index (Phi) is 4.36. The zero-order valence-corrected chi connectivity index (χ0v) is 13.8. The quantitative estimate of drug-likeness (QED) is 0.506. The maximum absolute atomic E-state index is 13.0. The zero-order valence-electron chi connectivity index (χ0n) is 13.1. The van der Waals surface area contributed by atoms with Gasteiger partial charge in [-0.2, -0.15) is 5.10 Å². The molecule has 0 bridgehead atoms. The Morgan fingerprint density at radius 3 is 2.54 bits per heavy atom. The largest absolute Gasteiger partial charge is 0.458 e.